The lowest BCUT2D eigenvalue weighted by atomic mass is 10.0. The molecule has 3 N–H and O–H groups in total. The van der Waals surface area contributed by atoms with Crippen molar-refractivity contribution in [2.24, 2.45) is 5.92 Å². The molecule has 2 saturated carbocycles. The highest BCUT2D eigenvalue weighted by Gasteiger charge is 2.62. The number of rotatable bonds is 6. The van der Waals surface area contributed by atoms with Crippen molar-refractivity contribution in [2.45, 2.75) is 113 Å². The Morgan fingerprint density at radius 3 is 2.42 bits per heavy atom. The lowest BCUT2D eigenvalue weighted by Gasteiger charge is -2.30. The van der Waals surface area contributed by atoms with Crippen LogP contribution >= 0.6 is 11.6 Å². The predicted octanol–water partition coefficient (Wildman–Crippen LogP) is 3.36. The minimum atomic E-state index is -3.90. The van der Waals surface area contributed by atoms with E-state index in [1.807, 2.05) is 12.2 Å². The number of fused-ring (bicyclic) bond motifs is 2. The highest BCUT2D eigenvalue weighted by atomic mass is 35.5. The fourth-order valence-corrected chi connectivity index (χ4v) is 7.59. The van der Waals surface area contributed by atoms with Gasteiger partial charge in [0, 0.05) is 17.4 Å². The van der Waals surface area contributed by atoms with E-state index in [1.165, 1.54) is 29.2 Å². The number of carbonyl (C=O) groups is 5. The number of amides is 4. The lowest BCUT2D eigenvalue weighted by Crippen LogP contribution is -2.58. The van der Waals surface area contributed by atoms with Gasteiger partial charge in [-0.15, -0.1) is 0 Å². The van der Waals surface area contributed by atoms with E-state index in [4.69, 9.17) is 21.1 Å². The number of hydrogen-bond acceptors (Lipinski definition) is 9. The maximum absolute atomic E-state index is 14.2. The number of hydrogen-bond donors (Lipinski definition) is 3. The number of ether oxygens (including phenoxy) is 2. The number of benzene rings is 1. The van der Waals surface area contributed by atoms with E-state index in [2.05, 4.69) is 15.4 Å². The maximum Gasteiger partial charge on any atom is 0.408 e. The van der Waals surface area contributed by atoms with Crippen LogP contribution in [0.25, 0.3) is 0 Å². The number of esters is 1. The van der Waals surface area contributed by atoms with Crippen LogP contribution in [0.1, 0.15) is 88.9 Å². The minimum absolute atomic E-state index is 0.0887. The molecule has 0 radical (unpaired) electrons. The Bertz CT molecular complexity index is 1570. The Balaban J connectivity index is 1.42. The number of carbonyl (C=O) groups excluding carboxylic acids is 5. The largest absolute Gasteiger partial charge is 0.457 e. The van der Waals surface area contributed by atoms with Crippen molar-refractivity contribution >= 4 is 51.4 Å². The quantitative estimate of drug-likeness (QED) is 0.296. The third-order valence-electron chi connectivity index (χ3n) is 8.89. The standard InChI is InChI=1S/C33H43ClN4O9S/c1-32(2,3)47-31(43)35-25-10-8-6-4-5-7-9-21-18-33(21,30(42)37-48(44,45)24-15-16-24)36-27(39)26-17-23(19-38(26)28(25)40)46-29(41)20-11-13-22(34)14-12-20/h7,9,11-14,21,23-26H,4-6,8,10,15-19H2,1-3H3,(H,35,43)(H,36,39)(H,37,42). The topological polar surface area (TPSA) is 177 Å². The van der Waals surface area contributed by atoms with Crippen molar-refractivity contribution in [1.82, 2.24) is 20.3 Å². The van der Waals surface area contributed by atoms with Gasteiger partial charge < -0.3 is 25.0 Å². The molecule has 2 aliphatic carbocycles. The molecule has 1 aromatic rings. The van der Waals surface area contributed by atoms with Gasteiger partial charge in [0.2, 0.25) is 21.8 Å². The minimum Gasteiger partial charge on any atom is -0.457 e. The first-order valence-electron chi connectivity index (χ1n) is 16.4. The summed E-state index contributed by atoms with van der Waals surface area (Å²) in [5.74, 6) is -3.22. The van der Waals surface area contributed by atoms with E-state index >= 15 is 0 Å². The fraction of sp³-hybridized carbons (Fsp3) is 0.606. The summed E-state index contributed by atoms with van der Waals surface area (Å²) in [4.78, 5) is 68.8. The van der Waals surface area contributed by atoms with Crippen LogP contribution in [0.2, 0.25) is 5.02 Å². The summed E-state index contributed by atoms with van der Waals surface area (Å²) in [6.45, 7) is 4.95. The number of sulfonamides is 1. The maximum atomic E-state index is 14.2. The van der Waals surface area contributed by atoms with E-state index in [1.54, 1.807) is 20.8 Å². The molecule has 4 amide bonds. The van der Waals surface area contributed by atoms with Crippen LogP contribution in [0.3, 0.4) is 0 Å². The van der Waals surface area contributed by atoms with Crippen molar-refractivity contribution in [3.63, 3.8) is 0 Å². The summed E-state index contributed by atoms with van der Waals surface area (Å²) in [6.07, 6.45) is 6.10. The molecule has 0 bridgehead atoms. The molecule has 2 heterocycles. The van der Waals surface area contributed by atoms with Crippen molar-refractivity contribution in [2.75, 3.05) is 6.54 Å². The van der Waals surface area contributed by atoms with Crippen LogP contribution in [-0.4, -0.2) is 84.2 Å². The van der Waals surface area contributed by atoms with E-state index < -0.39 is 80.3 Å². The number of allylic oxidation sites excluding steroid dienone is 1. The summed E-state index contributed by atoms with van der Waals surface area (Å²) in [5.41, 5.74) is -2.13. The van der Waals surface area contributed by atoms with Crippen LogP contribution in [0.15, 0.2) is 36.4 Å². The second-order valence-electron chi connectivity index (χ2n) is 14.0. The van der Waals surface area contributed by atoms with Crippen LogP contribution in [0.5, 0.6) is 0 Å². The van der Waals surface area contributed by atoms with Gasteiger partial charge in [-0.2, -0.15) is 0 Å². The Hall–Kier alpha value is -3.65. The molecule has 5 atom stereocenters. The average molecular weight is 707 g/mol. The summed E-state index contributed by atoms with van der Waals surface area (Å²) in [7, 11) is -3.90. The molecule has 5 unspecified atom stereocenters. The highest BCUT2D eigenvalue weighted by Crippen LogP contribution is 2.46. The van der Waals surface area contributed by atoms with E-state index in [0.29, 0.717) is 30.7 Å². The van der Waals surface area contributed by atoms with Crippen LogP contribution in [-0.2, 0) is 33.9 Å². The summed E-state index contributed by atoms with van der Waals surface area (Å²) in [6, 6.07) is 3.83. The first kappa shape index (κ1) is 35.7. The summed E-state index contributed by atoms with van der Waals surface area (Å²) < 4.78 is 38.7. The zero-order chi connectivity index (χ0) is 34.9. The Kier molecular flexibility index (Phi) is 10.4. The summed E-state index contributed by atoms with van der Waals surface area (Å²) in [5, 5.41) is 5.24. The van der Waals surface area contributed by atoms with Crippen molar-refractivity contribution < 1.29 is 41.9 Å². The van der Waals surface area contributed by atoms with Gasteiger partial charge in [0.1, 0.15) is 29.3 Å². The van der Waals surface area contributed by atoms with Gasteiger partial charge in [0.25, 0.3) is 5.91 Å². The second kappa shape index (κ2) is 14.1. The zero-order valence-electron chi connectivity index (χ0n) is 27.3. The predicted molar refractivity (Wildman–Crippen MR) is 175 cm³/mol. The van der Waals surface area contributed by atoms with E-state index in [9.17, 15) is 32.4 Å². The fourth-order valence-electron chi connectivity index (χ4n) is 6.10. The first-order valence-corrected chi connectivity index (χ1v) is 18.3. The molecule has 1 saturated heterocycles. The van der Waals surface area contributed by atoms with Crippen molar-refractivity contribution in [3.05, 3.63) is 47.0 Å². The molecule has 1 aromatic carbocycles. The van der Waals surface area contributed by atoms with Gasteiger partial charge in [-0.1, -0.05) is 36.6 Å². The molecular weight excluding hydrogens is 664 g/mol. The average Bonchev–Trinajstić information content (AvgIpc) is 3.92. The van der Waals surface area contributed by atoms with Gasteiger partial charge in [0.15, 0.2) is 0 Å². The van der Waals surface area contributed by atoms with Gasteiger partial charge in [-0.05, 0) is 83.6 Å². The van der Waals surface area contributed by atoms with Gasteiger partial charge >= 0.3 is 12.1 Å². The molecule has 5 rings (SSSR count). The van der Waals surface area contributed by atoms with Gasteiger partial charge in [-0.25, -0.2) is 18.0 Å². The Labute approximate surface area is 285 Å². The van der Waals surface area contributed by atoms with E-state index in [0.717, 1.165) is 12.8 Å². The number of halogens is 1. The summed E-state index contributed by atoms with van der Waals surface area (Å²) >= 11 is 5.95. The van der Waals surface area contributed by atoms with Crippen LogP contribution < -0.4 is 15.4 Å². The SMILES string of the molecule is CC(C)(C)OC(=O)NC1CCCCCC=CC2CC2(C(=O)NS(=O)(=O)C2CC2)NC(=O)C2CC(OC(=O)c3ccc(Cl)cc3)CN2C1=O. The smallest absolute Gasteiger partial charge is 0.408 e. The molecule has 0 spiro atoms. The van der Waals surface area contributed by atoms with Crippen LogP contribution in [0, 0.1) is 5.92 Å². The second-order valence-corrected chi connectivity index (χ2v) is 16.4. The van der Waals surface area contributed by atoms with E-state index in [-0.39, 0.29) is 31.4 Å². The molecule has 262 valence electrons. The molecule has 0 aromatic heterocycles. The van der Waals surface area contributed by atoms with Crippen molar-refractivity contribution in [3.8, 4) is 0 Å². The third-order valence-corrected chi connectivity index (χ3v) is 11.0. The van der Waals surface area contributed by atoms with Gasteiger partial charge in [0.05, 0.1) is 17.4 Å². The molecule has 2 aliphatic heterocycles. The van der Waals surface area contributed by atoms with Crippen molar-refractivity contribution in [1.29, 1.82) is 0 Å². The molecule has 48 heavy (non-hydrogen) atoms. The number of nitrogens with zero attached hydrogens (tertiary/aromatic N) is 1. The zero-order valence-corrected chi connectivity index (χ0v) is 28.9. The molecular formula is C33H43ClN4O9S. The monoisotopic (exact) mass is 706 g/mol. The molecule has 13 nitrogen and oxygen atoms in total. The number of alkyl carbamates (subject to hydrolysis) is 1. The first-order chi connectivity index (χ1) is 22.6. The van der Waals surface area contributed by atoms with Crippen LogP contribution in [0.4, 0.5) is 4.79 Å². The number of nitrogens with one attached hydrogen (secondary N) is 3. The molecule has 15 heteroatoms. The molecule has 4 aliphatic rings. The Morgan fingerprint density at radius 1 is 1.04 bits per heavy atom. The lowest BCUT2D eigenvalue weighted by molar-refractivity contribution is -0.141. The molecule has 3 fully saturated rings. The van der Waals surface area contributed by atoms with Gasteiger partial charge in [-0.3, -0.25) is 19.1 Å². The highest BCUT2D eigenvalue weighted by molar-refractivity contribution is 7.91. The Morgan fingerprint density at radius 2 is 1.75 bits per heavy atom. The third kappa shape index (κ3) is 8.68. The normalized spacial score (nSPS) is 28.1.